The summed E-state index contributed by atoms with van der Waals surface area (Å²) in [6, 6.07) is 2.39. The van der Waals surface area contributed by atoms with E-state index in [0.29, 0.717) is 6.54 Å². The Kier molecular flexibility index (Phi) is 3.86. The van der Waals surface area contributed by atoms with Gasteiger partial charge in [0.15, 0.2) is 0 Å². The third kappa shape index (κ3) is 2.99. The molecule has 1 aromatic heterocycles. The summed E-state index contributed by atoms with van der Waals surface area (Å²) in [6.45, 7) is 4.07. The predicted molar refractivity (Wildman–Crippen MR) is 77.1 cm³/mol. The van der Waals surface area contributed by atoms with Gasteiger partial charge >= 0.3 is 0 Å². The van der Waals surface area contributed by atoms with Crippen LogP contribution in [0.3, 0.4) is 0 Å². The van der Waals surface area contributed by atoms with Gasteiger partial charge in [-0.1, -0.05) is 0 Å². The molecule has 3 heterocycles. The van der Waals surface area contributed by atoms with E-state index in [1.807, 2.05) is 16.2 Å². The monoisotopic (exact) mass is 279 g/mol. The van der Waals surface area contributed by atoms with Gasteiger partial charge in [-0.05, 0) is 42.8 Å². The summed E-state index contributed by atoms with van der Waals surface area (Å²) in [5, 5.41) is 2.13. The average Bonchev–Trinajstić information content (AvgIpc) is 2.85. The molecule has 2 aliphatic rings. The van der Waals surface area contributed by atoms with Crippen molar-refractivity contribution >= 4 is 17.2 Å². The molecule has 0 aromatic carbocycles. The Labute approximate surface area is 118 Å². The second-order valence-corrected chi connectivity index (χ2v) is 6.57. The van der Waals surface area contributed by atoms with Crippen LogP contribution < -0.4 is 5.73 Å². The number of nitrogens with zero attached hydrogens (tertiary/aromatic N) is 2. The second kappa shape index (κ2) is 5.61. The molecule has 1 fully saturated rings. The molecule has 1 saturated heterocycles. The zero-order chi connectivity index (χ0) is 13.2. The Hall–Kier alpha value is -0.910. The van der Waals surface area contributed by atoms with E-state index in [-0.39, 0.29) is 11.9 Å². The molecule has 19 heavy (non-hydrogen) atoms. The smallest absolute Gasteiger partial charge is 0.237 e. The first-order valence-electron chi connectivity index (χ1n) is 7.03. The fraction of sp³-hybridized carbons (Fsp3) is 0.643. The van der Waals surface area contributed by atoms with E-state index in [1.54, 1.807) is 0 Å². The fourth-order valence-corrected chi connectivity index (χ4v) is 3.88. The highest BCUT2D eigenvalue weighted by molar-refractivity contribution is 7.10. The minimum absolute atomic E-state index is 0.242. The van der Waals surface area contributed by atoms with Gasteiger partial charge in [-0.2, -0.15) is 0 Å². The number of rotatable bonds is 2. The van der Waals surface area contributed by atoms with Crippen molar-refractivity contribution in [1.29, 1.82) is 0 Å². The standard InChI is InChI=1S/C14H21N3OS/c15-12-2-1-5-16(9-12)10-14(18)17-6-3-13-11(8-17)4-7-19-13/h4,7,12H,1-3,5-6,8-10,15H2. The molecule has 104 valence electrons. The summed E-state index contributed by atoms with van der Waals surface area (Å²) in [4.78, 5) is 18.0. The number of carbonyl (C=O) groups excluding carboxylic acids is 1. The Morgan fingerprint density at radius 2 is 2.37 bits per heavy atom. The van der Waals surface area contributed by atoms with Crippen LogP contribution in [-0.4, -0.2) is 47.9 Å². The predicted octanol–water partition coefficient (Wildman–Crippen LogP) is 1.06. The molecule has 2 N–H and O–H groups in total. The zero-order valence-corrected chi connectivity index (χ0v) is 12.0. The van der Waals surface area contributed by atoms with Crippen LogP contribution in [0.4, 0.5) is 0 Å². The van der Waals surface area contributed by atoms with Crippen LogP contribution in [0.5, 0.6) is 0 Å². The molecule has 1 aromatic rings. The van der Waals surface area contributed by atoms with Crippen molar-refractivity contribution in [1.82, 2.24) is 9.80 Å². The van der Waals surface area contributed by atoms with Gasteiger partial charge in [0.05, 0.1) is 6.54 Å². The maximum absolute atomic E-state index is 12.4. The Balaban J connectivity index is 1.56. The van der Waals surface area contributed by atoms with Gasteiger partial charge in [0.2, 0.25) is 5.91 Å². The quantitative estimate of drug-likeness (QED) is 0.880. The van der Waals surface area contributed by atoms with E-state index in [1.165, 1.54) is 10.4 Å². The van der Waals surface area contributed by atoms with Crippen molar-refractivity contribution in [3.63, 3.8) is 0 Å². The van der Waals surface area contributed by atoms with Crippen LogP contribution in [0.2, 0.25) is 0 Å². The molecule has 1 amide bonds. The molecule has 5 heteroatoms. The van der Waals surface area contributed by atoms with E-state index in [9.17, 15) is 4.79 Å². The van der Waals surface area contributed by atoms with Crippen LogP contribution in [0.1, 0.15) is 23.3 Å². The van der Waals surface area contributed by atoms with Crippen molar-refractivity contribution in [2.75, 3.05) is 26.2 Å². The van der Waals surface area contributed by atoms with E-state index < -0.39 is 0 Å². The Morgan fingerprint density at radius 3 is 3.21 bits per heavy atom. The number of piperidine rings is 1. The second-order valence-electron chi connectivity index (χ2n) is 5.57. The van der Waals surface area contributed by atoms with Crippen LogP contribution in [0.15, 0.2) is 11.4 Å². The molecule has 0 aliphatic carbocycles. The van der Waals surface area contributed by atoms with Crippen LogP contribution >= 0.6 is 11.3 Å². The highest BCUT2D eigenvalue weighted by Gasteiger charge is 2.24. The summed E-state index contributed by atoms with van der Waals surface area (Å²) < 4.78 is 0. The summed E-state index contributed by atoms with van der Waals surface area (Å²) in [5.41, 5.74) is 7.30. The lowest BCUT2D eigenvalue weighted by molar-refractivity contribution is -0.133. The van der Waals surface area contributed by atoms with E-state index in [2.05, 4.69) is 16.3 Å². The Morgan fingerprint density at radius 1 is 1.47 bits per heavy atom. The molecule has 0 radical (unpaired) electrons. The summed E-state index contributed by atoms with van der Waals surface area (Å²) in [6.07, 6.45) is 3.22. The molecule has 0 bridgehead atoms. The van der Waals surface area contributed by atoms with Crippen LogP contribution in [-0.2, 0) is 17.8 Å². The topological polar surface area (TPSA) is 49.6 Å². The van der Waals surface area contributed by atoms with Crippen molar-refractivity contribution in [3.8, 4) is 0 Å². The first-order chi connectivity index (χ1) is 9.22. The number of thiophene rings is 1. The SMILES string of the molecule is NC1CCCN(CC(=O)N2CCc3sccc3C2)C1. The highest BCUT2D eigenvalue weighted by Crippen LogP contribution is 2.24. The summed E-state index contributed by atoms with van der Waals surface area (Å²) >= 11 is 1.81. The molecule has 4 nitrogen and oxygen atoms in total. The van der Waals surface area contributed by atoms with Gasteiger partial charge in [0.25, 0.3) is 0 Å². The highest BCUT2D eigenvalue weighted by atomic mass is 32.1. The normalized spacial score (nSPS) is 24.3. The first-order valence-corrected chi connectivity index (χ1v) is 7.91. The molecule has 0 saturated carbocycles. The number of nitrogens with two attached hydrogens (primary N) is 1. The van der Waals surface area contributed by atoms with Crippen LogP contribution in [0, 0.1) is 0 Å². The Bertz CT molecular complexity index is 459. The number of likely N-dealkylation sites (tertiary alicyclic amines) is 1. The molecule has 0 spiro atoms. The van der Waals surface area contributed by atoms with Gasteiger partial charge in [-0.25, -0.2) is 0 Å². The molecule has 2 aliphatic heterocycles. The van der Waals surface area contributed by atoms with Gasteiger partial charge in [0.1, 0.15) is 0 Å². The number of amides is 1. The van der Waals surface area contributed by atoms with Gasteiger partial charge in [-0.3, -0.25) is 9.69 Å². The van der Waals surface area contributed by atoms with Crippen molar-refractivity contribution < 1.29 is 4.79 Å². The first kappa shape index (κ1) is 13.1. The zero-order valence-electron chi connectivity index (χ0n) is 11.2. The van der Waals surface area contributed by atoms with Crippen molar-refractivity contribution in [2.24, 2.45) is 5.73 Å². The third-order valence-electron chi connectivity index (χ3n) is 4.06. The van der Waals surface area contributed by atoms with Gasteiger partial charge in [-0.15, -0.1) is 11.3 Å². The third-order valence-corrected chi connectivity index (χ3v) is 5.08. The molecule has 1 atom stereocenters. The lowest BCUT2D eigenvalue weighted by atomic mass is 10.1. The average molecular weight is 279 g/mol. The lowest BCUT2D eigenvalue weighted by Gasteiger charge is -2.33. The maximum atomic E-state index is 12.4. The van der Waals surface area contributed by atoms with Crippen LogP contribution in [0.25, 0.3) is 0 Å². The minimum atomic E-state index is 0.242. The molecule has 1 unspecified atom stereocenters. The van der Waals surface area contributed by atoms with Crippen molar-refractivity contribution in [3.05, 3.63) is 21.9 Å². The van der Waals surface area contributed by atoms with E-state index >= 15 is 0 Å². The maximum Gasteiger partial charge on any atom is 0.237 e. The molecular weight excluding hydrogens is 258 g/mol. The number of hydrogen-bond donors (Lipinski definition) is 1. The number of carbonyl (C=O) groups is 1. The van der Waals surface area contributed by atoms with Gasteiger partial charge in [0, 0.05) is 30.6 Å². The van der Waals surface area contributed by atoms with Gasteiger partial charge < -0.3 is 10.6 Å². The summed E-state index contributed by atoms with van der Waals surface area (Å²) in [7, 11) is 0. The van der Waals surface area contributed by atoms with Crippen molar-refractivity contribution in [2.45, 2.75) is 31.8 Å². The molecule has 3 rings (SSSR count). The lowest BCUT2D eigenvalue weighted by Crippen LogP contribution is -2.48. The fourth-order valence-electron chi connectivity index (χ4n) is 2.99. The molecular formula is C14H21N3OS. The van der Waals surface area contributed by atoms with E-state index in [0.717, 1.165) is 45.4 Å². The number of fused-ring (bicyclic) bond motifs is 1. The van der Waals surface area contributed by atoms with E-state index in [4.69, 9.17) is 5.73 Å². The largest absolute Gasteiger partial charge is 0.337 e. The summed E-state index contributed by atoms with van der Waals surface area (Å²) in [5.74, 6) is 0.256. The minimum Gasteiger partial charge on any atom is -0.337 e. The number of hydrogen-bond acceptors (Lipinski definition) is 4.